The summed E-state index contributed by atoms with van der Waals surface area (Å²) in [5.41, 5.74) is 1.86. The number of likely N-dealkylation sites (tertiary alicyclic amines) is 1. The molecule has 148 valence electrons. The van der Waals surface area contributed by atoms with Gasteiger partial charge in [-0.1, -0.05) is 67.9 Å². The van der Waals surface area contributed by atoms with Gasteiger partial charge in [-0.25, -0.2) is 0 Å². The third-order valence-electron chi connectivity index (χ3n) is 5.40. The van der Waals surface area contributed by atoms with Crippen molar-refractivity contribution in [1.82, 2.24) is 10.2 Å². The van der Waals surface area contributed by atoms with E-state index in [1.807, 2.05) is 54.6 Å². The Morgan fingerprint density at radius 2 is 1.79 bits per heavy atom. The molecule has 2 amide bonds. The molecule has 1 heterocycles. The topological polar surface area (TPSA) is 49.4 Å². The molecule has 0 aromatic heterocycles. The van der Waals surface area contributed by atoms with E-state index in [-0.39, 0.29) is 23.3 Å². The molecule has 1 aliphatic heterocycles. The molecule has 0 aliphatic carbocycles. The molecule has 0 bridgehead atoms. The highest BCUT2D eigenvalue weighted by molar-refractivity contribution is 6.30. The maximum atomic E-state index is 12.8. The van der Waals surface area contributed by atoms with E-state index in [2.05, 4.69) is 19.2 Å². The van der Waals surface area contributed by atoms with Crippen LogP contribution in [0.4, 0.5) is 0 Å². The molecule has 2 aromatic carbocycles. The maximum Gasteiger partial charge on any atom is 0.242 e. The van der Waals surface area contributed by atoms with Crippen LogP contribution in [0, 0.1) is 0 Å². The van der Waals surface area contributed by atoms with E-state index >= 15 is 0 Å². The van der Waals surface area contributed by atoms with Crippen LogP contribution < -0.4 is 5.32 Å². The minimum absolute atomic E-state index is 0.0146. The Hall–Kier alpha value is -2.33. The first-order valence-corrected chi connectivity index (χ1v) is 10.1. The van der Waals surface area contributed by atoms with Crippen LogP contribution in [-0.2, 0) is 21.4 Å². The van der Waals surface area contributed by atoms with E-state index in [0.717, 1.165) is 17.5 Å². The smallest absolute Gasteiger partial charge is 0.242 e. The Bertz CT molecular complexity index is 818. The number of nitrogens with zero attached hydrogens (tertiary/aromatic N) is 1. The van der Waals surface area contributed by atoms with E-state index in [4.69, 9.17) is 11.6 Å². The molecule has 0 radical (unpaired) electrons. The van der Waals surface area contributed by atoms with Crippen LogP contribution in [0.5, 0.6) is 0 Å². The SMILES string of the molecule is CC(C)(CNC(=O)[C@H]1CCCN1C(=O)Cc1ccccc1)c1ccc(Cl)cc1. The van der Waals surface area contributed by atoms with Crippen molar-refractivity contribution in [2.24, 2.45) is 0 Å². The summed E-state index contributed by atoms with van der Waals surface area (Å²) in [5, 5.41) is 3.76. The average Bonchev–Trinajstić information content (AvgIpc) is 3.17. The summed E-state index contributed by atoms with van der Waals surface area (Å²) in [6.07, 6.45) is 1.91. The largest absolute Gasteiger partial charge is 0.353 e. The van der Waals surface area contributed by atoms with Gasteiger partial charge in [0.15, 0.2) is 0 Å². The normalized spacial score (nSPS) is 16.8. The molecule has 3 rings (SSSR count). The number of hydrogen-bond acceptors (Lipinski definition) is 2. The molecule has 1 aliphatic rings. The molecular formula is C23H27ClN2O2. The lowest BCUT2D eigenvalue weighted by Crippen LogP contribution is -2.48. The van der Waals surface area contributed by atoms with E-state index in [0.29, 0.717) is 31.0 Å². The predicted molar refractivity (Wildman–Crippen MR) is 112 cm³/mol. The van der Waals surface area contributed by atoms with Gasteiger partial charge in [0.2, 0.25) is 11.8 Å². The zero-order valence-electron chi connectivity index (χ0n) is 16.5. The summed E-state index contributed by atoms with van der Waals surface area (Å²) in [6, 6.07) is 17.0. The second-order valence-electron chi connectivity index (χ2n) is 8.02. The van der Waals surface area contributed by atoms with Crippen molar-refractivity contribution in [3.8, 4) is 0 Å². The fraction of sp³-hybridized carbons (Fsp3) is 0.391. The van der Waals surface area contributed by atoms with Gasteiger partial charge in [-0.3, -0.25) is 9.59 Å². The van der Waals surface area contributed by atoms with E-state index in [9.17, 15) is 9.59 Å². The van der Waals surface area contributed by atoms with Crippen molar-refractivity contribution in [3.63, 3.8) is 0 Å². The minimum atomic E-state index is -0.378. The van der Waals surface area contributed by atoms with Crippen LogP contribution >= 0.6 is 11.6 Å². The highest BCUT2D eigenvalue weighted by atomic mass is 35.5. The third kappa shape index (κ3) is 4.93. The highest BCUT2D eigenvalue weighted by Crippen LogP contribution is 2.25. The lowest BCUT2D eigenvalue weighted by atomic mass is 9.84. The predicted octanol–water partition coefficient (Wildman–Crippen LogP) is 3.97. The van der Waals surface area contributed by atoms with Crippen molar-refractivity contribution in [3.05, 3.63) is 70.7 Å². The highest BCUT2D eigenvalue weighted by Gasteiger charge is 2.34. The monoisotopic (exact) mass is 398 g/mol. The van der Waals surface area contributed by atoms with Crippen LogP contribution in [0.15, 0.2) is 54.6 Å². The summed E-state index contributed by atoms with van der Waals surface area (Å²) >= 11 is 5.97. The van der Waals surface area contributed by atoms with Gasteiger partial charge < -0.3 is 10.2 Å². The van der Waals surface area contributed by atoms with Crippen molar-refractivity contribution in [2.75, 3.05) is 13.1 Å². The van der Waals surface area contributed by atoms with Crippen molar-refractivity contribution >= 4 is 23.4 Å². The number of benzene rings is 2. The lowest BCUT2D eigenvalue weighted by Gasteiger charge is -2.29. The second-order valence-corrected chi connectivity index (χ2v) is 8.45. The van der Waals surface area contributed by atoms with Gasteiger partial charge in [-0.2, -0.15) is 0 Å². The van der Waals surface area contributed by atoms with Crippen LogP contribution in [-0.4, -0.2) is 35.8 Å². The Morgan fingerprint density at radius 3 is 2.46 bits per heavy atom. The number of carbonyl (C=O) groups is 2. The zero-order valence-corrected chi connectivity index (χ0v) is 17.2. The number of hydrogen-bond donors (Lipinski definition) is 1. The molecule has 1 N–H and O–H groups in total. The van der Waals surface area contributed by atoms with Crippen molar-refractivity contribution < 1.29 is 9.59 Å². The first-order valence-electron chi connectivity index (χ1n) is 9.74. The molecule has 1 atom stereocenters. The third-order valence-corrected chi connectivity index (χ3v) is 5.66. The molecule has 0 unspecified atom stereocenters. The number of nitrogens with one attached hydrogen (secondary N) is 1. The molecule has 4 nitrogen and oxygen atoms in total. The van der Waals surface area contributed by atoms with Gasteiger partial charge in [0, 0.05) is 23.5 Å². The number of halogens is 1. The van der Waals surface area contributed by atoms with Crippen LogP contribution in [0.25, 0.3) is 0 Å². The van der Waals surface area contributed by atoms with Gasteiger partial charge in [0.1, 0.15) is 6.04 Å². The van der Waals surface area contributed by atoms with Gasteiger partial charge >= 0.3 is 0 Å². The molecule has 1 saturated heterocycles. The quantitative estimate of drug-likeness (QED) is 0.800. The maximum absolute atomic E-state index is 12.8. The molecule has 2 aromatic rings. The summed E-state index contributed by atoms with van der Waals surface area (Å²) < 4.78 is 0. The molecular weight excluding hydrogens is 372 g/mol. The Balaban J connectivity index is 1.59. The number of carbonyl (C=O) groups excluding carboxylic acids is 2. The van der Waals surface area contributed by atoms with Gasteiger partial charge in [-0.15, -0.1) is 0 Å². The lowest BCUT2D eigenvalue weighted by molar-refractivity contribution is -0.138. The summed E-state index contributed by atoms with van der Waals surface area (Å²) in [7, 11) is 0. The van der Waals surface area contributed by atoms with Crippen molar-refractivity contribution in [2.45, 2.75) is 44.6 Å². The fourth-order valence-electron chi connectivity index (χ4n) is 3.64. The summed E-state index contributed by atoms with van der Waals surface area (Å²) in [4.78, 5) is 27.3. The van der Waals surface area contributed by atoms with E-state index < -0.39 is 0 Å². The molecule has 0 spiro atoms. The standard InChI is InChI=1S/C23H27ClN2O2/c1-23(2,18-10-12-19(24)13-11-18)16-25-22(28)20-9-6-14-26(20)21(27)15-17-7-4-3-5-8-17/h3-5,7-8,10-13,20H,6,9,14-16H2,1-2H3,(H,25,28)/t20-/m1/s1. The van der Waals surface area contributed by atoms with Gasteiger partial charge in [0.25, 0.3) is 0 Å². The fourth-order valence-corrected chi connectivity index (χ4v) is 3.76. The van der Waals surface area contributed by atoms with E-state index in [1.165, 1.54) is 0 Å². The second kappa shape index (κ2) is 8.78. The van der Waals surface area contributed by atoms with Gasteiger partial charge in [0.05, 0.1) is 6.42 Å². The van der Waals surface area contributed by atoms with Gasteiger partial charge in [-0.05, 0) is 36.1 Å². The average molecular weight is 399 g/mol. The summed E-state index contributed by atoms with van der Waals surface area (Å²) in [5.74, 6) is -0.0539. The first kappa shape index (κ1) is 20.4. The van der Waals surface area contributed by atoms with Crippen LogP contribution in [0.1, 0.15) is 37.8 Å². The van der Waals surface area contributed by atoms with E-state index in [1.54, 1.807) is 4.90 Å². The number of rotatable bonds is 6. The summed E-state index contributed by atoms with van der Waals surface area (Å²) in [6.45, 7) is 5.32. The molecule has 1 fully saturated rings. The number of amides is 2. The van der Waals surface area contributed by atoms with Crippen molar-refractivity contribution in [1.29, 1.82) is 0 Å². The zero-order chi connectivity index (χ0) is 20.1. The molecule has 5 heteroatoms. The molecule has 0 saturated carbocycles. The Morgan fingerprint density at radius 1 is 1.11 bits per heavy atom. The van der Waals surface area contributed by atoms with Crippen LogP contribution in [0.3, 0.4) is 0 Å². The first-order chi connectivity index (χ1) is 13.4. The Kier molecular flexibility index (Phi) is 6.40. The van der Waals surface area contributed by atoms with Crippen LogP contribution in [0.2, 0.25) is 5.02 Å². The minimum Gasteiger partial charge on any atom is -0.353 e. The Labute approximate surface area is 171 Å². The molecule has 28 heavy (non-hydrogen) atoms.